The van der Waals surface area contributed by atoms with Gasteiger partial charge in [-0.3, -0.25) is 4.79 Å². The number of aliphatic hydroxyl groups excluding tert-OH is 1. The largest absolute Gasteiger partial charge is 0.393 e. The molecule has 0 aliphatic carbocycles. The smallest absolute Gasteiger partial charge is 0.219 e. The fourth-order valence-corrected chi connectivity index (χ4v) is 2.36. The van der Waals surface area contributed by atoms with Gasteiger partial charge in [-0.05, 0) is 152 Å². The van der Waals surface area contributed by atoms with Crippen molar-refractivity contribution in [2.45, 2.75) is 250 Å². The third-order valence-electron chi connectivity index (χ3n) is 7.29. The van der Waals surface area contributed by atoms with Crippen molar-refractivity contribution in [2.24, 2.45) is 52.2 Å². The highest BCUT2D eigenvalue weighted by molar-refractivity contribution is 5.73. The van der Waals surface area contributed by atoms with Crippen LogP contribution in [0.15, 0.2) is 55.6 Å². The van der Waals surface area contributed by atoms with Gasteiger partial charge < -0.3 is 111 Å². The van der Waals surface area contributed by atoms with Gasteiger partial charge >= 0.3 is 0 Å². The number of carbonyl (C=O) groups is 10. The first kappa shape index (κ1) is 185. The molecule has 1 heterocycles. The normalized spacial score (nSPS) is 7.81. The number of ether oxygens (including phenoxy) is 1. The minimum absolute atomic E-state index is 0. The lowest BCUT2D eigenvalue weighted by atomic mass is 10.1. The molecule has 22 heteroatoms. The molecule has 1 aliphatic heterocycles. The Morgan fingerprint density at radius 3 is 0.747 bits per heavy atom. The number of rotatable bonds is 7. The van der Waals surface area contributed by atoms with Gasteiger partial charge in [0.05, 0.1) is 11.7 Å². The summed E-state index contributed by atoms with van der Waals surface area (Å²) in [6, 6.07) is 10.5. The molecular weight excluding hydrogens is 1160 g/mol. The van der Waals surface area contributed by atoms with Crippen LogP contribution in [-0.4, -0.2) is 150 Å². The maximum absolute atomic E-state index is 10.7. The number of allylic oxidation sites excluding steroid dienone is 2. The number of aliphatic hydroxyl groups is 1. The quantitative estimate of drug-likeness (QED) is 0.113. The number of piperidine rings is 1. The third-order valence-corrected chi connectivity index (χ3v) is 7.29. The lowest BCUT2D eigenvalue weighted by Crippen LogP contribution is -2.33. The van der Waals surface area contributed by atoms with E-state index in [4.69, 9.17) is 58.7 Å². The second-order valence-electron chi connectivity index (χ2n) is 15.1. The molecule has 0 radical (unpaired) electrons. The van der Waals surface area contributed by atoms with Crippen LogP contribution in [0, 0.1) is 17.8 Å². The van der Waals surface area contributed by atoms with E-state index in [0.29, 0.717) is 0 Å². The van der Waals surface area contributed by atoms with Gasteiger partial charge in [-0.2, -0.15) is 0 Å². The van der Waals surface area contributed by atoms with Crippen LogP contribution in [0.5, 0.6) is 0 Å². The molecule has 22 nitrogen and oxygen atoms in total. The molecule has 91 heavy (non-hydrogen) atoms. The Bertz CT molecular complexity index is 894. The highest BCUT2D eigenvalue weighted by atomic mass is 16.5. The second-order valence-corrected chi connectivity index (χ2v) is 15.1. The van der Waals surface area contributed by atoms with E-state index in [1.165, 1.54) is 79.3 Å². The van der Waals surface area contributed by atoms with Crippen molar-refractivity contribution in [2.75, 3.05) is 61.5 Å². The maximum Gasteiger partial charge on any atom is 0.219 e. The molecule has 0 unspecified atom stereocenters. The van der Waals surface area contributed by atoms with Gasteiger partial charge in [-0.15, -0.1) is 13.2 Å². The van der Waals surface area contributed by atoms with Crippen LogP contribution in [-0.2, 0) is 59.1 Å². The lowest BCUT2D eigenvalue weighted by Gasteiger charge is -2.24. The van der Waals surface area contributed by atoms with Crippen molar-refractivity contribution in [3.8, 4) is 0 Å². The summed E-state index contributed by atoms with van der Waals surface area (Å²) >= 11 is 0. The maximum atomic E-state index is 10.7. The predicted octanol–water partition coefficient (Wildman–Crippen LogP) is 14.5. The van der Waals surface area contributed by atoms with E-state index < -0.39 is 0 Å². The number of carbonyl (C=O) groups excluding carboxylic acids is 10. The zero-order valence-electron chi connectivity index (χ0n) is 66.8. The van der Waals surface area contributed by atoms with Crippen LogP contribution in [0.25, 0.3) is 0 Å². The lowest BCUT2D eigenvalue weighted by molar-refractivity contribution is -0.129. The van der Waals surface area contributed by atoms with Crippen molar-refractivity contribution in [1.29, 1.82) is 0 Å². The van der Waals surface area contributed by atoms with Gasteiger partial charge in [-0.1, -0.05) is 186 Å². The summed E-state index contributed by atoms with van der Waals surface area (Å²) in [5.74, 6) is 2.88. The highest BCUT2D eigenvalue weighted by Gasteiger charge is 2.11. The molecular formula is C69H174N10O12. The van der Waals surface area contributed by atoms with Crippen molar-refractivity contribution in [3.63, 3.8) is 0 Å². The minimum Gasteiger partial charge on any atom is -0.393 e. The number of hydrogen-bond acceptors (Lipinski definition) is 21. The average Bonchev–Trinajstić information content (AvgIpc) is 3.63. The molecule has 0 spiro atoms. The number of likely N-dealkylation sites (tertiary alicyclic amines) is 1. The third kappa shape index (κ3) is 614. The molecule has 1 aromatic rings. The van der Waals surface area contributed by atoms with Crippen molar-refractivity contribution in [3.05, 3.63) is 61.2 Å². The molecule has 1 atom stereocenters. The van der Waals surface area contributed by atoms with Crippen LogP contribution in [0.1, 0.15) is 237 Å². The van der Waals surface area contributed by atoms with Crippen LogP contribution < -0.4 is 52.9 Å². The molecule has 1 fully saturated rings. The van der Waals surface area contributed by atoms with Gasteiger partial charge in [0.15, 0.2) is 0 Å². The standard InChI is InChI=1S/C8H10.C7H13NO.C6H14O.3C5H12.C4H10O.C4H8.C3H9N.3C2H6.C2H4.5CH5N.9CH2O.3H3N/c1-2-8-6-4-3-5-7-8;1-7(9)8-5-3-2-4-6-8;1-5-7-6(2,3)4;3*1-4-5(2)3;1-3-4(2)5;1-3-4-2;1-2-3-4;18*1-2;;;/h3-7H,2H2,1H3;2-6H2,1H3;5H2,1-4H3;3*5H,4H2,1-3H3;4-5H,3H2,1-2H3;3-4H,1-2H3;2-4H2,1H3;3*1-2H3;1-2H2;5*2H2,1H3;9*1H2;3*1H3/b;;;;;;;4-3-;;;;;;;;;;;;;;;;;;;;;;/t;;;;;;4-;;;;;;;;;;;;;;;;;;;;;;;/m......1......................./s1. The Morgan fingerprint density at radius 1 is 0.495 bits per heavy atom. The first-order chi connectivity index (χ1) is 42.2. The summed E-state index contributed by atoms with van der Waals surface area (Å²) in [6.45, 7) is 81.3. The second kappa shape index (κ2) is 325. The van der Waals surface area contributed by atoms with Gasteiger partial charge in [0.1, 0.15) is 61.1 Å². The minimum atomic E-state index is -0.116. The van der Waals surface area contributed by atoms with Crippen LogP contribution >= 0.6 is 0 Å². The van der Waals surface area contributed by atoms with Gasteiger partial charge in [0.2, 0.25) is 5.91 Å². The predicted molar refractivity (Wildman–Crippen MR) is 416 cm³/mol. The molecule has 2 rings (SSSR count). The summed E-state index contributed by atoms with van der Waals surface area (Å²) < 4.78 is 5.23. The number of aryl methyl sites for hydroxylation is 1. The van der Waals surface area contributed by atoms with E-state index in [9.17, 15) is 4.79 Å². The van der Waals surface area contributed by atoms with Crippen molar-refractivity contribution < 1.29 is 57.8 Å². The average molecular weight is 1340 g/mol. The topological polar surface area (TPSA) is 465 Å². The first-order valence-corrected chi connectivity index (χ1v) is 30.1. The summed E-state index contributed by atoms with van der Waals surface area (Å²) in [5.41, 5.74) is 29.0. The Balaban J connectivity index is -0.0000000178. The zero-order valence-corrected chi connectivity index (χ0v) is 66.8. The molecule has 22 N–H and O–H groups in total. The molecule has 572 valence electrons. The molecule has 1 saturated heterocycles. The van der Waals surface area contributed by atoms with E-state index >= 15 is 0 Å². The van der Waals surface area contributed by atoms with Gasteiger partial charge in [0.25, 0.3) is 0 Å². The zero-order chi connectivity index (χ0) is 78.4. The van der Waals surface area contributed by atoms with E-state index in [1.54, 1.807) is 13.8 Å². The van der Waals surface area contributed by atoms with Crippen molar-refractivity contribution >= 4 is 67.0 Å². The van der Waals surface area contributed by atoms with Crippen LogP contribution in [0.3, 0.4) is 0 Å². The molecule has 1 amide bonds. The van der Waals surface area contributed by atoms with Gasteiger partial charge in [-0.25, -0.2) is 0 Å². The monoisotopic (exact) mass is 1340 g/mol. The molecule has 1 aromatic carbocycles. The fourth-order valence-electron chi connectivity index (χ4n) is 2.36. The highest BCUT2D eigenvalue weighted by Crippen LogP contribution is 2.08. The summed E-state index contributed by atoms with van der Waals surface area (Å²) in [6.07, 6.45) is 14.6. The van der Waals surface area contributed by atoms with Crippen LogP contribution in [0.4, 0.5) is 0 Å². The Kier molecular flexibility index (Phi) is 660. The van der Waals surface area contributed by atoms with E-state index in [2.05, 4.69) is 163 Å². The number of amides is 1. The number of hydrogen-bond donors (Lipinski definition) is 10. The van der Waals surface area contributed by atoms with E-state index in [1.807, 2.05) is 153 Å². The van der Waals surface area contributed by atoms with Crippen molar-refractivity contribution in [1.82, 2.24) is 23.4 Å². The fraction of sp³-hybridized carbons (Fsp3) is 0.710. The molecule has 0 bridgehead atoms. The Hall–Kier alpha value is -5.24. The first-order valence-electron chi connectivity index (χ1n) is 30.1. The Morgan fingerprint density at radius 2 is 0.681 bits per heavy atom. The number of nitrogens with two attached hydrogens (primary N) is 6. The SMILES string of the molecule is C/C=C\C.C=C.C=O.C=O.C=O.C=O.C=O.C=O.C=O.C=O.C=O.CC.CC.CC.CC(=O)N1CCCCC1.CCC(C)C.CCC(C)C.CCC(C)C.CCCN.CCOC(C)(C)C.CC[C@@H](C)O.CCc1ccccc1.CN.CN.CN.CN.CN.N.N.N. The molecule has 0 saturated carbocycles. The Labute approximate surface area is 570 Å². The van der Waals surface area contributed by atoms with E-state index in [-0.39, 0.29) is 36.1 Å². The molecule has 1 aliphatic rings. The van der Waals surface area contributed by atoms with Gasteiger partial charge in [0, 0.05) is 26.6 Å². The van der Waals surface area contributed by atoms with Crippen LogP contribution in [0.2, 0.25) is 0 Å². The summed E-state index contributed by atoms with van der Waals surface area (Å²) in [7, 11) is 7.50. The number of nitrogens with zero attached hydrogens (tertiary/aromatic N) is 1. The molecule has 0 aromatic heterocycles. The summed E-state index contributed by atoms with van der Waals surface area (Å²) in [5, 5.41) is 8.36. The number of benzene rings is 1. The summed E-state index contributed by atoms with van der Waals surface area (Å²) in [4.78, 5) is 84.6. The van der Waals surface area contributed by atoms with E-state index in [0.717, 1.165) is 63.3 Å².